The maximum atomic E-state index is 13.7. The lowest BCUT2D eigenvalue weighted by Gasteiger charge is -2.39. The van der Waals surface area contributed by atoms with Crippen LogP contribution in [0.5, 0.6) is 5.75 Å². The fourth-order valence-electron chi connectivity index (χ4n) is 4.21. The molecule has 0 radical (unpaired) electrons. The van der Waals surface area contributed by atoms with Crippen molar-refractivity contribution in [1.82, 2.24) is 0 Å². The second-order valence-corrected chi connectivity index (χ2v) is 8.15. The first-order valence-corrected chi connectivity index (χ1v) is 10.2. The van der Waals surface area contributed by atoms with Crippen LogP contribution < -0.4 is 4.74 Å². The number of aliphatic hydroxyl groups excluding tert-OH is 2. The predicted molar refractivity (Wildman–Crippen MR) is 105 cm³/mol. The highest BCUT2D eigenvalue weighted by atomic mass is 19.4. The summed E-state index contributed by atoms with van der Waals surface area (Å²) in [6.07, 6.45) is -9.23. The van der Waals surface area contributed by atoms with Gasteiger partial charge in [-0.3, -0.25) is 0 Å². The van der Waals surface area contributed by atoms with E-state index in [4.69, 9.17) is 4.74 Å². The number of hydrogen-bond acceptors (Lipinski definition) is 3. The smallest absolute Gasteiger partial charge is 0.419 e. The van der Waals surface area contributed by atoms with E-state index in [-0.39, 0.29) is 18.2 Å². The summed E-state index contributed by atoms with van der Waals surface area (Å²) < 4.78 is 86.5. The van der Waals surface area contributed by atoms with Gasteiger partial charge in [0.2, 0.25) is 0 Å². The second kappa shape index (κ2) is 9.31. The quantitative estimate of drug-likeness (QED) is 0.557. The Bertz CT molecular complexity index is 900. The van der Waals surface area contributed by atoms with Gasteiger partial charge >= 0.3 is 12.4 Å². The van der Waals surface area contributed by atoms with Gasteiger partial charge in [0.05, 0.1) is 23.8 Å². The number of alkyl halides is 6. The van der Waals surface area contributed by atoms with Crippen molar-refractivity contribution in [3.63, 3.8) is 0 Å². The van der Waals surface area contributed by atoms with Crippen molar-refractivity contribution in [3.05, 3.63) is 64.7 Å². The maximum Gasteiger partial charge on any atom is 0.419 e. The molecule has 2 N–H and O–H groups in total. The van der Waals surface area contributed by atoms with E-state index in [9.17, 15) is 36.6 Å². The van der Waals surface area contributed by atoms with E-state index in [0.717, 1.165) is 5.56 Å². The summed E-state index contributed by atoms with van der Waals surface area (Å²) in [5, 5.41) is 19.2. The molecule has 0 aromatic heterocycles. The predicted octanol–water partition coefficient (Wildman–Crippen LogP) is 5.51. The largest absolute Gasteiger partial charge is 0.492 e. The maximum absolute atomic E-state index is 13.7. The van der Waals surface area contributed by atoms with Crippen LogP contribution in [0.25, 0.3) is 0 Å². The number of rotatable bonds is 6. The molecule has 0 unspecified atom stereocenters. The Hall–Kier alpha value is -2.26. The lowest BCUT2D eigenvalue weighted by molar-refractivity contribution is -0.144. The lowest BCUT2D eigenvalue weighted by Crippen LogP contribution is -2.39. The van der Waals surface area contributed by atoms with Gasteiger partial charge in [-0.15, -0.1) is 0 Å². The first-order chi connectivity index (χ1) is 15.0. The van der Waals surface area contributed by atoms with Crippen molar-refractivity contribution >= 4 is 0 Å². The minimum atomic E-state index is -5.08. The fourth-order valence-corrected chi connectivity index (χ4v) is 4.21. The molecule has 1 aliphatic rings. The van der Waals surface area contributed by atoms with Crippen molar-refractivity contribution in [2.75, 3.05) is 13.2 Å². The molecule has 1 aliphatic carbocycles. The molecule has 0 amide bonds. The molecule has 1 saturated carbocycles. The van der Waals surface area contributed by atoms with Crippen LogP contribution in [0.3, 0.4) is 0 Å². The summed E-state index contributed by atoms with van der Waals surface area (Å²) in [7, 11) is 0. The molecule has 0 saturated heterocycles. The van der Waals surface area contributed by atoms with Crippen molar-refractivity contribution in [3.8, 4) is 5.75 Å². The van der Waals surface area contributed by atoms with Gasteiger partial charge in [0.1, 0.15) is 5.75 Å². The molecule has 2 aromatic rings. The zero-order valence-corrected chi connectivity index (χ0v) is 17.1. The van der Waals surface area contributed by atoms with Gasteiger partial charge in [0.15, 0.2) is 0 Å². The van der Waals surface area contributed by atoms with Crippen molar-refractivity contribution in [2.24, 2.45) is 0 Å². The highest BCUT2D eigenvalue weighted by molar-refractivity contribution is 5.47. The average Bonchev–Trinajstić information content (AvgIpc) is 2.73. The zero-order valence-electron chi connectivity index (χ0n) is 17.1. The first-order valence-electron chi connectivity index (χ1n) is 10.2. The molecule has 3 rings (SSSR count). The third kappa shape index (κ3) is 5.38. The van der Waals surface area contributed by atoms with Crippen LogP contribution in [0, 0.1) is 0 Å². The number of benzene rings is 2. The van der Waals surface area contributed by atoms with E-state index < -0.39 is 53.8 Å². The van der Waals surface area contributed by atoms with E-state index in [1.165, 1.54) is 0 Å². The molecular weight excluding hydrogens is 438 g/mol. The monoisotopic (exact) mass is 462 g/mol. The number of halogens is 6. The Labute approximate surface area is 181 Å². The van der Waals surface area contributed by atoms with Crippen LogP contribution in [0.1, 0.15) is 47.9 Å². The first kappa shape index (κ1) is 24.4. The van der Waals surface area contributed by atoms with Gasteiger partial charge in [-0.25, -0.2) is 0 Å². The molecule has 3 nitrogen and oxygen atoms in total. The normalized spacial score (nSPS) is 22.1. The summed E-state index contributed by atoms with van der Waals surface area (Å²) in [4.78, 5) is 0. The Morgan fingerprint density at radius 2 is 1.56 bits per heavy atom. The third-order valence-electron chi connectivity index (χ3n) is 5.97. The summed E-state index contributed by atoms with van der Waals surface area (Å²) in [5.74, 6) is -0.694. The minimum Gasteiger partial charge on any atom is -0.492 e. The van der Waals surface area contributed by atoms with Gasteiger partial charge in [-0.05, 0) is 55.4 Å². The molecule has 0 atom stereocenters. The standard InChI is InChI=1S/C23H24F6O3/c24-22(25,26)17-12-15(8-11-30)20(19(13-17)23(27,28)29)32-14-21(9-6-18(31)7-10-21)16-4-2-1-3-5-16/h1-5,12-13,18,30-31H,6-11,14H2/t18-,21+. The fraction of sp³-hybridized carbons (Fsp3) is 0.478. The van der Waals surface area contributed by atoms with Crippen LogP contribution in [0.4, 0.5) is 26.3 Å². The van der Waals surface area contributed by atoms with Crippen molar-refractivity contribution < 1.29 is 41.3 Å². The van der Waals surface area contributed by atoms with Gasteiger partial charge in [-0.1, -0.05) is 30.3 Å². The van der Waals surface area contributed by atoms with E-state index in [2.05, 4.69) is 0 Å². The molecule has 1 fully saturated rings. The highest BCUT2D eigenvalue weighted by Gasteiger charge is 2.42. The number of hydrogen-bond donors (Lipinski definition) is 2. The Morgan fingerprint density at radius 3 is 2.09 bits per heavy atom. The molecule has 0 heterocycles. The van der Waals surface area contributed by atoms with Crippen LogP contribution in [-0.4, -0.2) is 29.5 Å². The Morgan fingerprint density at radius 1 is 0.938 bits per heavy atom. The second-order valence-electron chi connectivity index (χ2n) is 8.15. The van der Waals surface area contributed by atoms with Crippen LogP contribution in [0.15, 0.2) is 42.5 Å². The summed E-state index contributed by atoms with van der Waals surface area (Å²) in [6.45, 7) is -0.832. The molecule has 2 aromatic carbocycles. The van der Waals surface area contributed by atoms with Crippen molar-refractivity contribution in [2.45, 2.75) is 56.0 Å². The molecular formula is C23H24F6O3. The average molecular weight is 462 g/mol. The van der Waals surface area contributed by atoms with Gasteiger partial charge in [-0.2, -0.15) is 26.3 Å². The Kier molecular flexibility index (Phi) is 7.09. The summed E-state index contributed by atoms with van der Waals surface area (Å²) >= 11 is 0. The topological polar surface area (TPSA) is 49.7 Å². The molecule has 176 valence electrons. The zero-order chi connectivity index (χ0) is 23.6. The van der Waals surface area contributed by atoms with E-state index in [1.807, 2.05) is 12.1 Å². The van der Waals surface area contributed by atoms with Gasteiger partial charge < -0.3 is 14.9 Å². The Balaban J connectivity index is 2.04. The van der Waals surface area contributed by atoms with E-state index in [0.29, 0.717) is 31.7 Å². The van der Waals surface area contributed by atoms with E-state index in [1.54, 1.807) is 18.2 Å². The third-order valence-corrected chi connectivity index (χ3v) is 5.97. The highest BCUT2D eigenvalue weighted by Crippen LogP contribution is 2.45. The van der Waals surface area contributed by atoms with Crippen LogP contribution >= 0.6 is 0 Å². The van der Waals surface area contributed by atoms with Gasteiger partial charge in [0.25, 0.3) is 0 Å². The number of ether oxygens (including phenoxy) is 1. The van der Waals surface area contributed by atoms with E-state index >= 15 is 0 Å². The summed E-state index contributed by atoms with van der Waals surface area (Å²) in [5.41, 5.74) is -3.18. The number of aliphatic hydroxyl groups is 2. The molecule has 32 heavy (non-hydrogen) atoms. The van der Waals surface area contributed by atoms with Gasteiger partial charge in [0, 0.05) is 12.0 Å². The molecule has 0 spiro atoms. The summed E-state index contributed by atoms with van der Waals surface area (Å²) in [6, 6.07) is 9.68. The molecule has 0 bridgehead atoms. The SMILES string of the molecule is OCCc1cc(C(F)(F)F)cc(C(F)(F)F)c1OC[C@]1(c2ccccc2)CC[C@@H](O)CC1. The van der Waals surface area contributed by atoms with Crippen LogP contribution in [-0.2, 0) is 24.2 Å². The van der Waals surface area contributed by atoms with Crippen LogP contribution in [0.2, 0.25) is 0 Å². The van der Waals surface area contributed by atoms with Crippen molar-refractivity contribution in [1.29, 1.82) is 0 Å². The minimum absolute atomic E-state index is 0.0516. The molecule has 0 aliphatic heterocycles. The molecule has 9 heteroatoms. The lowest BCUT2D eigenvalue weighted by atomic mass is 9.69.